The van der Waals surface area contributed by atoms with Crippen LogP contribution in [0.1, 0.15) is 12.8 Å². The molecule has 0 aliphatic carbocycles. The van der Waals surface area contributed by atoms with Crippen LogP contribution in [0.15, 0.2) is 18.2 Å². The predicted molar refractivity (Wildman–Crippen MR) is 84.4 cm³/mol. The van der Waals surface area contributed by atoms with E-state index in [-0.39, 0.29) is 6.61 Å². The lowest BCUT2D eigenvalue weighted by Crippen LogP contribution is -2.40. The van der Waals surface area contributed by atoms with Gasteiger partial charge in [0.2, 0.25) is 0 Å². The van der Waals surface area contributed by atoms with E-state index in [1.807, 2.05) is 0 Å². The summed E-state index contributed by atoms with van der Waals surface area (Å²) in [6.45, 7) is 2.41. The van der Waals surface area contributed by atoms with Crippen molar-refractivity contribution in [2.24, 2.45) is 0 Å². The second-order valence-corrected chi connectivity index (χ2v) is 6.08. The number of aliphatic hydroxyl groups excluding tert-OH is 1. The van der Waals surface area contributed by atoms with Gasteiger partial charge in [0.15, 0.2) is 5.75 Å². The number of ether oxygens (including phenoxy) is 2. The van der Waals surface area contributed by atoms with Gasteiger partial charge in [-0.15, -0.1) is 0 Å². The Morgan fingerprint density at radius 1 is 1.38 bits per heavy atom. The summed E-state index contributed by atoms with van der Waals surface area (Å²) in [5, 5.41) is 11.0. The maximum Gasteiger partial charge on any atom is 0.156 e. The number of β-amino-alcohol motifs (C(OH)–C–C–N with tert-alkyl or cyclic N) is 1. The van der Waals surface area contributed by atoms with Gasteiger partial charge < -0.3 is 14.6 Å². The zero-order valence-corrected chi connectivity index (χ0v) is 13.6. The topological polar surface area (TPSA) is 41.9 Å². The quantitative estimate of drug-likeness (QED) is 0.833. The van der Waals surface area contributed by atoms with E-state index in [1.165, 1.54) is 0 Å². The maximum atomic E-state index is 10.1. The zero-order chi connectivity index (χ0) is 15.2. The molecule has 0 bridgehead atoms. The second kappa shape index (κ2) is 8.20. The van der Waals surface area contributed by atoms with Gasteiger partial charge >= 0.3 is 0 Å². The first kappa shape index (κ1) is 16.8. The van der Waals surface area contributed by atoms with Crippen LogP contribution in [0.2, 0.25) is 10.0 Å². The smallest absolute Gasteiger partial charge is 0.156 e. The summed E-state index contributed by atoms with van der Waals surface area (Å²) in [5.41, 5.74) is 0. The lowest BCUT2D eigenvalue weighted by Gasteiger charge is -2.26. The number of halogens is 2. The number of nitrogens with zero attached hydrogens (tertiary/aromatic N) is 1. The van der Waals surface area contributed by atoms with Crippen LogP contribution in [0.5, 0.6) is 5.75 Å². The highest BCUT2D eigenvalue weighted by molar-refractivity contribution is 6.37. The lowest BCUT2D eigenvalue weighted by atomic mass is 10.2. The van der Waals surface area contributed by atoms with E-state index in [9.17, 15) is 5.11 Å². The summed E-state index contributed by atoms with van der Waals surface area (Å²) in [5.74, 6) is 0.426. The van der Waals surface area contributed by atoms with Crippen molar-refractivity contribution < 1.29 is 14.6 Å². The summed E-state index contributed by atoms with van der Waals surface area (Å²) in [6, 6.07) is 5.57. The molecule has 1 saturated heterocycles. The van der Waals surface area contributed by atoms with Crippen molar-refractivity contribution in [3.63, 3.8) is 0 Å². The molecule has 6 heteroatoms. The number of aliphatic hydroxyl groups is 1. The average Bonchev–Trinajstić information content (AvgIpc) is 2.86. The SMILES string of the molecule is COCC1CCCN1CC(O)COc1c(Cl)cccc1Cl. The Labute approximate surface area is 135 Å². The molecule has 4 nitrogen and oxygen atoms in total. The maximum absolute atomic E-state index is 10.1. The van der Waals surface area contributed by atoms with Gasteiger partial charge in [0, 0.05) is 19.7 Å². The van der Waals surface area contributed by atoms with E-state index in [2.05, 4.69) is 4.90 Å². The van der Waals surface area contributed by atoms with E-state index in [0.717, 1.165) is 19.4 Å². The summed E-state index contributed by atoms with van der Waals surface area (Å²) >= 11 is 12.1. The normalized spacial score (nSPS) is 20.7. The predicted octanol–water partition coefficient (Wildman–Crippen LogP) is 2.84. The van der Waals surface area contributed by atoms with Crippen molar-refractivity contribution in [2.75, 3.05) is 33.4 Å². The summed E-state index contributed by atoms with van der Waals surface area (Å²) < 4.78 is 10.8. The third-order valence-electron chi connectivity index (χ3n) is 3.64. The van der Waals surface area contributed by atoms with Gasteiger partial charge in [-0.25, -0.2) is 0 Å². The van der Waals surface area contributed by atoms with Gasteiger partial charge in [0.05, 0.1) is 16.7 Å². The van der Waals surface area contributed by atoms with Crippen molar-refractivity contribution in [2.45, 2.75) is 25.0 Å². The zero-order valence-electron chi connectivity index (χ0n) is 12.1. The molecule has 0 amide bonds. The van der Waals surface area contributed by atoms with Crippen molar-refractivity contribution in [3.8, 4) is 5.75 Å². The van der Waals surface area contributed by atoms with Crippen LogP contribution in [-0.4, -0.2) is 55.6 Å². The Morgan fingerprint density at radius 3 is 2.76 bits per heavy atom. The van der Waals surface area contributed by atoms with Crippen LogP contribution >= 0.6 is 23.2 Å². The second-order valence-electron chi connectivity index (χ2n) is 5.26. The molecule has 0 aromatic heterocycles. The van der Waals surface area contributed by atoms with Crippen LogP contribution in [0.4, 0.5) is 0 Å². The number of benzene rings is 1. The fourth-order valence-corrected chi connectivity index (χ4v) is 3.15. The number of hydrogen-bond donors (Lipinski definition) is 1. The third kappa shape index (κ3) is 4.73. The Morgan fingerprint density at radius 2 is 2.10 bits per heavy atom. The van der Waals surface area contributed by atoms with Crippen molar-refractivity contribution in [1.82, 2.24) is 4.90 Å². The van der Waals surface area contributed by atoms with Gasteiger partial charge in [0.25, 0.3) is 0 Å². The van der Waals surface area contributed by atoms with Crippen LogP contribution in [0, 0.1) is 0 Å². The van der Waals surface area contributed by atoms with E-state index >= 15 is 0 Å². The molecule has 21 heavy (non-hydrogen) atoms. The first-order valence-electron chi connectivity index (χ1n) is 7.09. The minimum atomic E-state index is -0.588. The molecule has 2 atom stereocenters. The molecule has 1 aromatic carbocycles. The molecule has 0 saturated carbocycles. The van der Waals surface area contributed by atoms with Crippen molar-refractivity contribution in [1.29, 1.82) is 0 Å². The molecule has 1 N–H and O–H groups in total. The molecule has 1 aliphatic heterocycles. The molecule has 0 spiro atoms. The van der Waals surface area contributed by atoms with E-state index in [4.69, 9.17) is 32.7 Å². The molecule has 0 radical (unpaired) electrons. The van der Waals surface area contributed by atoms with Gasteiger partial charge in [-0.05, 0) is 31.5 Å². The monoisotopic (exact) mass is 333 g/mol. The largest absolute Gasteiger partial charge is 0.488 e. The highest BCUT2D eigenvalue weighted by Crippen LogP contribution is 2.32. The average molecular weight is 334 g/mol. The van der Waals surface area contributed by atoms with Crippen molar-refractivity contribution in [3.05, 3.63) is 28.2 Å². The molecule has 1 aliphatic rings. The Kier molecular flexibility index (Phi) is 6.58. The van der Waals surface area contributed by atoms with Gasteiger partial charge in [-0.2, -0.15) is 0 Å². The summed E-state index contributed by atoms with van der Waals surface area (Å²) in [7, 11) is 1.70. The minimum absolute atomic E-state index is 0.166. The molecule has 2 unspecified atom stereocenters. The first-order chi connectivity index (χ1) is 10.1. The van der Waals surface area contributed by atoms with Crippen LogP contribution in [0.25, 0.3) is 0 Å². The third-order valence-corrected chi connectivity index (χ3v) is 4.24. The van der Waals surface area contributed by atoms with E-state index < -0.39 is 6.10 Å². The van der Waals surface area contributed by atoms with Crippen molar-refractivity contribution >= 4 is 23.2 Å². The van der Waals surface area contributed by atoms with Gasteiger partial charge in [-0.3, -0.25) is 4.90 Å². The van der Waals surface area contributed by atoms with Gasteiger partial charge in [-0.1, -0.05) is 29.3 Å². The Bertz CT molecular complexity index is 438. The van der Waals surface area contributed by atoms with Gasteiger partial charge in [0.1, 0.15) is 12.7 Å². The highest BCUT2D eigenvalue weighted by Gasteiger charge is 2.26. The lowest BCUT2D eigenvalue weighted by molar-refractivity contribution is 0.0459. The molecule has 2 rings (SSSR count). The number of likely N-dealkylation sites (tertiary alicyclic amines) is 1. The summed E-state index contributed by atoms with van der Waals surface area (Å²) in [4.78, 5) is 2.24. The molecule has 1 fully saturated rings. The number of para-hydroxylation sites is 1. The standard InChI is InChI=1S/C15H21Cl2NO3/c1-20-9-11-4-3-7-18(11)8-12(19)10-21-15-13(16)5-2-6-14(15)17/h2,5-6,11-12,19H,3-4,7-10H2,1H3. The molecule has 1 aromatic rings. The first-order valence-corrected chi connectivity index (χ1v) is 7.85. The fraction of sp³-hybridized carbons (Fsp3) is 0.600. The number of rotatable bonds is 7. The van der Waals surface area contributed by atoms with Crippen LogP contribution in [0.3, 0.4) is 0 Å². The molecule has 118 valence electrons. The van der Waals surface area contributed by atoms with E-state index in [0.29, 0.717) is 35.0 Å². The van der Waals surface area contributed by atoms with Crippen LogP contribution in [-0.2, 0) is 4.74 Å². The Balaban J connectivity index is 1.83. The number of methoxy groups -OCH3 is 1. The molecular formula is C15H21Cl2NO3. The van der Waals surface area contributed by atoms with E-state index in [1.54, 1.807) is 25.3 Å². The molecule has 1 heterocycles. The number of hydrogen-bond acceptors (Lipinski definition) is 4. The highest BCUT2D eigenvalue weighted by atomic mass is 35.5. The molecular weight excluding hydrogens is 313 g/mol. The Hall–Kier alpha value is -0.520. The van der Waals surface area contributed by atoms with Crippen LogP contribution < -0.4 is 4.74 Å². The summed E-state index contributed by atoms with van der Waals surface area (Å²) in [6.07, 6.45) is 1.66. The minimum Gasteiger partial charge on any atom is -0.488 e. The fourth-order valence-electron chi connectivity index (χ4n) is 2.64.